The summed E-state index contributed by atoms with van der Waals surface area (Å²) in [6.07, 6.45) is 0. The van der Waals surface area contributed by atoms with Crippen LogP contribution < -0.4 is 11.1 Å². The number of aliphatic hydroxyl groups is 1. The van der Waals surface area contributed by atoms with Crippen LogP contribution in [0, 0.1) is 6.92 Å². The first kappa shape index (κ1) is 15.9. The van der Waals surface area contributed by atoms with Crippen LogP contribution in [0.4, 0.5) is 11.9 Å². The molecule has 4 N–H and O–H groups in total. The van der Waals surface area contributed by atoms with Crippen molar-refractivity contribution in [2.75, 3.05) is 11.1 Å². The lowest BCUT2D eigenvalue weighted by Gasteiger charge is -2.10. The van der Waals surface area contributed by atoms with Gasteiger partial charge in [0.05, 0.1) is 6.61 Å². The predicted molar refractivity (Wildman–Crippen MR) is 94.1 cm³/mol. The zero-order valence-electron chi connectivity index (χ0n) is 13.4. The number of benzene rings is 2. The molecule has 0 saturated carbocycles. The maximum Gasteiger partial charge on any atom is 0.228 e. The molecular formula is C18H19N5O. The number of aromatic nitrogens is 3. The fraction of sp³-hybridized carbons (Fsp3) is 0.167. The lowest BCUT2D eigenvalue weighted by atomic mass is 10.1. The molecule has 2 aromatic carbocycles. The summed E-state index contributed by atoms with van der Waals surface area (Å²) in [4.78, 5) is 12.7. The molecule has 3 aromatic rings. The smallest absolute Gasteiger partial charge is 0.228 e. The van der Waals surface area contributed by atoms with Crippen LogP contribution in [0.1, 0.15) is 16.7 Å². The number of nitrogens with two attached hydrogens (primary N) is 1. The van der Waals surface area contributed by atoms with Crippen molar-refractivity contribution in [2.24, 2.45) is 0 Å². The molecule has 0 unspecified atom stereocenters. The molecule has 0 spiro atoms. The number of nitrogen functional groups attached to an aromatic ring is 1. The summed E-state index contributed by atoms with van der Waals surface area (Å²) in [5, 5.41) is 12.7. The Labute approximate surface area is 140 Å². The molecular weight excluding hydrogens is 302 g/mol. The van der Waals surface area contributed by atoms with Crippen molar-refractivity contribution in [2.45, 2.75) is 20.1 Å². The second kappa shape index (κ2) is 7.06. The number of nitrogens with one attached hydrogen (secondary N) is 1. The zero-order chi connectivity index (χ0) is 16.9. The Morgan fingerprint density at radius 3 is 2.67 bits per heavy atom. The molecule has 6 nitrogen and oxygen atoms in total. The predicted octanol–water partition coefficient (Wildman–Crippen LogP) is 2.53. The van der Waals surface area contributed by atoms with E-state index in [4.69, 9.17) is 5.73 Å². The van der Waals surface area contributed by atoms with Crippen molar-refractivity contribution in [1.29, 1.82) is 0 Å². The van der Waals surface area contributed by atoms with E-state index in [0.29, 0.717) is 18.3 Å². The summed E-state index contributed by atoms with van der Waals surface area (Å²) in [7, 11) is 0. The first-order chi connectivity index (χ1) is 11.7. The molecule has 0 amide bonds. The number of aryl methyl sites for hydroxylation is 1. The van der Waals surface area contributed by atoms with Gasteiger partial charge in [0.15, 0.2) is 5.82 Å². The largest absolute Gasteiger partial charge is 0.392 e. The number of hydrogen-bond donors (Lipinski definition) is 3. The van der Waals surface area contributed by atoms with E-state index in [-0.39, 0.29) is 12.6 Å². The molecule has 0 aliphatic carbocycles. The Balaban J connectivity index is 1.86. The topological polar surface area (TPSA) is 97.0 Å². The van der Waals surface area contributed by atoms with E-state index in [0.717, 1.165) is 16.7 Å². The molecule has 24 heavy (non-hydrogen) atoms. The van der Waals surface area contributed by atoms with Gasteiger partial charge in [0.25, 0.3) is 0 Å². The fourth-order valence-electron chi connectivity index (χ4n) is 2.47. The van der Waals surface area contributed by atoms with E-state index < -0.39 is 0 Å². The number of anilines is 2. The number of rotatable bonds is 5. The van der Waals surface area contributed by atoms with Crippen LogP contribution in [0.15, 0.2) is 48.5 Å². The van der Waals surface area contributed by atoms with E-state index >= 15 is 0 Å². The van der Waals surface area contributed by atoms with Gasteiger partial charge in [-0.1, -0.05) is 54.1 Å². The van der Waals surface area contributed by atoms with Gasteiger partial charge < -0.3 is 16.2 Å². The normalized spacial score (nSPS) is 10.6. The Hall–Kier alpha value is -2.99. The Bertz CT molecular complexity index is 850. The van der Waals surface area contributed by atoms with Gasteiger partial charge in [0, 0.05) is 12.1 Å². The van der Waals surface area contributed by atoms with Crippen molar-refractivity contribution in [3.05, 3.63) is 65.2 Å². The molecule has 122 valence electrons. The van der Waals surface area contributed by atoms with Gasteiger partial charge >= 0.3 is 0 Å². The van der Waals surface area contributed by atoms with Gasteiger partial charge in [-0.2, -0.15) is 15.0 Å². The highest BCUT2D eigenvalue weighted by Crippen LogP contribution is 2.21. The van der Waals surface area contributed by atoms with Gasteiger partial charge in [-0.05, 0) is 18.1 Å². The van der Waals surface area contributed by atoms with Gasteiger partial charge in [-0.25, -0.2) is 0 Å². The summed E-state index contributed by atoms with van der Waals surface area (Å²) in [6, 6.07) is 15.6. The molecule has 3 rings (SSSR count). The van der Waals surface area contributed by atoms with E-state index in [1.54, 1.807) is 0 Å². The van der Waals surface area contributed by atoms with Crippen LogP contribution >= 0.6 is 0 Å². The first-order valence-corrected chi connectivity index (χ1v) is 7.66. The van der Waals surface area contributed by atoms with Crippen molar-refractivity contribution in [1.82, 2.24) is 15.0 Å². The SMILES string of the molecule is Cc1cccc(CNc2nc(N)nc(-c3ccccc3CO)n2)c1. The monoisotopic (exact) mass is 321 g/mol. The third-order valence-corrected chi connectivity index (χ3v) is 3.61. The minimum absolute atomic E-state index is 0.0895. The molecule has 6 heteroatoms. The minimum atomic E-state index is -0.0895. The van der Waals surface area contributed by atoms with Gasteiger partial charge in [0.2, 0.25) is 11.9 Å². The third kappa shape index (κ3) is 3.67. The minimum Gasteiger partial charge on any atom is -0.392 e. The average molecular weight is 321 g/mol. The van der Waals surface area contributed by atoms with Crippen molar-refractivity contribution >= 4 is 11.9 Å². The van der Waals surface area contributed by atoms with Crippen LogP contribution in [-0.4, -0.2) is 20.1 Å². The first-order valence-electron chi connectivity index (χ1n) is 7.66. The highest BCUT2D eigenvalue weighted by molar-refractivity contribution is 5.62. The highest BCUT2D eigenvalue weighted by atomic mass is 16.3. The van der Waals surface area contributed by atoms with E-state index in [1.165, 1.54) is 5.56 Å². The molecule has 0 radical (unpaired) electrons. The van der Waals surface area contributed by atoms with Crippen LogP contribution in [0.5, 0.6) is 0 Å². The van der Waals surface area contributed by atoms with Gasteiger partial charge in [-0.3, -0.25) is 0 Å². The van der Waals surface area contributed by atoms with Crippen molar-refractivity contribution < 1.29 is 5.11 Å². The maximum atomic E-state index is 9.48. The van der Waals surface area contributed by atoms with Gasteiger partial charge in [0.1, 0.15) is 0 Å². The fourth-order valence-corrected chi connectivity index (χ4v) is 2.47. The van der Waals surface area contributed by atoms with Crippen LogP contribution in [-0.2, 0) is 13.2 Å². The quantitative estimate of drug-likeness (QED) is 0.668. The number of nitrogens with zero attached hydrogens (tertiary/aromatic N) is 3. The Morgan fingerprint density at radius 2 is 1.88 bits per heavy atom. The Kier molecular flexibility index (Phi) is 4.67. The molecule has 0 atom stereocenters. The zero-order valence-corrected chi connectivity index (χ0v) is 13.4. The average Bonchev–Trinajstić information content (AvgIpc) is 2.59. The second-order valence-corrected chi connectivity index (χ2v) is 5.50. The van der Waals surface area contributed by atoms with Crippen molar-refractivity contribution in [3.8, 4) is 11.4 Å². The lowest BCUT2D eigenvalue weighted by Crippen LogP contribution is -2.08. The van der Waals surface area contributed by atoms with Crippen LogP contribution in [0.25, 0.3) is 11.4 Å². The molecule has 0 bridgehead atoms. The Morgan fingerprint density at radius 1 is 1.04 bits per heavy atom. The summed E-state index contributed by atoms with van der Waals surface area (Å²) in [6.45, 7) is 2.55. The van der Waals surface area contributed by atoms with Crippen molar-refractivity contribution in [3.63, 3.8) is 0 Å². The molecule has 1 aromatic heterocycles. The van der Waals surface area contributed by atoms with Gasteiger partial charge in [-0.15, -0.1) is 0 Å². The molecule has 0 saturated heterocycles. The second-order valence-electron chi connectivity index (χ2n) is 5.50. The standard InChI is InChI=1S/C18H19N5O/c1-12-5-4-6-13(9-12)10-20-18-22-16(21-17(19)23-18)15-8-3-2-7-14(15)11-24/h2-9,24H,10-11H2,1H3,(H3,19,20,21,22,23). The van der Waals surface area contributed by atoms with E-state index in [2.05, 4.69) is 26.3 Å². The summed E-state index contributed by atoms with van der Waals surface area (Å²) in [5.41, 5.74) is 9.63. The lowest BCUT2D eigenvalue weighted by molar-refractivity contribution is 0.282. The third-order valence-electron chi connectivity index (χ3n) is 3.61. The molecule has 0 fully saturated rings. The summed E-state index contributed by atoms with van der Waals surface area (Å²) < 4.78 is 0. The molecule has 0 aliphatic heterocycles. The molecule has 0 aliphatic rings. The van der Waals surface area contributed by atoms with Crippen LogP contribution in [0.3, 0.4) is 0 Å². The summed E-state index contributed by atoms with van der Waals surface area (Å²) in [5.74, 6) is 0.991. The summed E-state index contributed by atoms with van der Waals surface area (Å²) >= 11 is 0. The highest BCUT2D eigenvalue weighted by Gasteiger charge is 2.10. The molecule has 1 heterocycles. The number of aliphatic hydroxyl groups excluding tert-OH is 1. The maximum absolute atomic E-state index is 9.48. The van der Waals surface area contributed by atoms with Crippen LogP contribution in [0.2, 0.25) is 0 Å². The number of hydrogen-bond acceptors (Lipinski definition) is 6. The van der Waals surface area contributed by atoms with E-state index in [1.807, 2.05) is 49.4 Å². The van der Waals surface area contributed by atoms with E-state index in [9.17, 15) is 5.11 Å².